The number of benzene rings is 2. The molecule has 0 spiro atoms. The maximum absolute atomic E-state index is 2.73. The zero-order valence-corrected chi connectivity index (χ0v) is 33.8. The largest absolute Gasteiger partial charge is 2.00 e. The number of halogens is 2. The second-order valence-electron chi connectivity index (χ2n) is 17.6. The normalized spacial score (nSPS) is 24.4. The van der Waals surface area contributed by atoms with E-state index >= 15 is 0 Å². The molecule has 0 radical (unpaired) electrons. The fraction of sp³-hybridized carbons (Fsp3) is 0.571. The summed E-state index contributed by atoms with van der Waals surface area (Å²) in [5, 5.41) is 0. The van der Waals surface area contributed by atoms with Crippen molar-refractivity contribution >= 4 is 0 Å². The minimum atomic E-state index is 0. The molecular weight excluding hydrogens is 667 g/mol. The number of allylic oxidation sites excluding steroid dienone is 6. The van der Waals surface area contributed by atoms with Gasteiger partial charge in [0.15, 0.2) is 0 Å². The Balaban J connectivity index is 0.00000184. The number of fused-ring (bicyclic) bond motifs is 3. The summed E-state index contributed by atoms with van der Waals surface area (Å²) < 4.78 is 0. The molecule has 4 aliphatic carbocycles. The van der Waals surface area contributed by atoms with Crippen LogP contribution in [-0.2, 0) is 37.0 Å². The van der Waals surface area contributed by atoms with Crippen molar-refractivity contribution in [1.82, 2.24) is 0 Å². The molecule has 6 rings (SSSR count). The first-order valence-corrected chi connectivity index (χ1v) is 16.9. The monoisotopic (exact) mass is 720 g/mol. The molecule has 0 aromatic heterocycles. The van der Waals surface area contributed by atoms with Crippen LogP contribution < -0.4 is 24.8 Å². The molecule has 3 heteroatoms. The Labute approximate surface area is 307 Å². The quantitative estimate of drug-likeness (QED) is 0.337. The molecule has 2 aromatic rings. The fourth-order valence-corrected chi connectivity index (χ4v) is 9.00. The van der Waals surface area contributed by atoms with Crippen molar-refractivity contribution in [3.63, 3.8) is 0 Å². The maximum atomic E-state index is 2.73. The summed E-state index contributed by atoms with van der Waals surface area (Å²) in [5.74, 6) is 2.39. The molecule has 2 aromatic carbocycles. The third-order valence-corrected chi connectivity index (χ3v) is 11.7. The first-order chi connectivity index (χ1) is 19.5. The van der Waals surface area contributed by atoms with Crippen LogP contribution in [0.15, 0.2) is 71.3 Å². The van der Waals surface area contributed by atoms with E-state index in [0.29, 0.717) is 17.8 Å². The Morgan fingerprint density at radius 3 is 1.69 bits per heavy atom. The van der Waals surface area contributed by atoms with Crippen LogP contribution in [0.5, 0.6) is 0 Å². The van der Waals surface area contributed by atoms with Gasteiger partial charge in [0.25, 0.3) is 0 Å². The molecule has 0 amide bonds. The van der Waals surface area contributed by atoms with E-state index in [1.54, 1.807) is 22.3 Å². The zero-order valence-electron chi connectivity index (χ0n) is 29.8. The van der Waals surface area contributed by atoms with Gasteiger partial charge in [-0.1, -0.05) is 142 Å². The van der Waals surface area contributed by atoms with Crippen molar-refractivity contribution in [2.24, 2.45) is 28.6 Å². The van der Waals surface area contributed by atoms with Gasteiger partial charge >= 0.3 is 26.2 Å². The van der Waals surface area contributed by atoms with Gasteiger partial charge in [-0.3, -0.25) is 0 Å². The summed E-state index contributed by atoms with van der Waals surface area (Å²) in [6, 6.07) is 15.0. The molecule has 0 saturated carbocycles. The van der Waals surface area contributed by atoms with Crippen molar-refractivity contribution in [3.05, 3.63) is 93.6 Å². The number of rotatable bonds is 3. The molecule has 3 unspecified atom stereocenters. The van der Waals surface area contributed by atoms with Gasteiger partial charge in [-0.05, 0) is 105 Å². The zero-order chi connectivity index (χ0) is 30.4. The van der Waals surface area contributed by atoms with Crippen molar-refractivity contribution in [3.8, 4) is 11.1 Å². The molecule has 45 heavy (non-hydrogen) atoms. The summed E-state index contributed by atoms with van der Waals surface area (Å²) in [5.41, 5.74) is 14.8. The van der Waals surface area contributed by atoms with Gasteiger partial charge in [0.05, 0.1) is 0 Å². The van der Waals surface area contributed by atoms with Gasteiger partial charge in [0.2, 0.25) is 0 Å². The number of hydrogen-bond acceptors (Lipinski definition) is 0. The molecule has 0 N–H and O–H groups in total. The van der Waals surface area contributed by atoms with Crippen molar-refractivity contribution in [2.75, 3.05) is 0 Å². The summed E-state index contributed by atoms with van der Waals surface area (Å²) in [6.07, 6.45) is 14.0. The maximum Gasteiger partial charge on any atom is 2.00 e. The minimum Gasteiger partial charge on any atom is -1.00 e. The minimum absolute atomic E-state index is 0. The summed E-state index contributed by atoms with van der Waals surface area (Å²) >= 11 is 0. The second kappa shape index (κ2) is 13.2. The first-order valence-electron chi connectivity index (χ1n) is 16.9. The van der Waals surface area contributed by atoms with E-state index in [2.05, 4.69) is 131 Å². The van der Waals surface area contributed by atoms with Gasteiger partial charge in [-0.25, -0.2) is 0 Å². The molecule has 3 atom stereocenters. The van der Waals surface area contributed by atoms with Gasteiger partial charge in [0, 0.05) is 11.3 Å². The smallest absolute Gasteiger partial charge is 1.00 e. The van der Waals surface area contributed by atoms with Crippen molar-refractivity contribution in [1.29, 1.82) is 0 Å². The van der Waals surface area contributed by atoms with Crippen LogP contribution >= 0.6 is 0 Å². The van der Waals surface area contributed by atoms with Gasteiger partial charge in [0.1, 0.15) is 0 Å². The fourth-order valence-electron chi connectivity index (χ4n) is 9.00. The average Bonchev–Trinajstić information content (AvgIpc) is 3.57. The SMILES string of the molecule is CC(C)C1(C2c3cc(C(C)(C)C)ccc3-c3ccc(C(C)(C)C)cc32)CC(C2CC=CCC2)C2=C1C=C(C(C)(C)C)C2.[Cl-].[Cl-].[Zr+2]. The summed E-state index contributed by atoms with van der Waals surface area (Å²) in [4.78, 5) is 0. The summed E-state index contributed by atoms with van der Waals surface area (Å²) in [6.45, 7) is 26.6. The van der Waals surface area contributed by atoms with E-state index in [9.17, 15) is 0 Å². The Hall–Kier alpha value is -0.877. The van der Waals surface area contributed by atoms with E-state index in [1.165, 1.54) is 54.4 Å². The Morgan fingerprint density at radius 1 is 0.733 bits per heavy atom. The molecule has 0 fully saturated rings. The Kier molecular flexibility index (Phi) is 11.3. The van der Waals surface area contributed by atoms with E-state index in [-0.39, 0.29) is 72.7 Å². The van der Waals surface area contributed by atoms with Crippen LogP contribution in [0.1, 0.15) is 136 Å². The van der Waals surface area contributed by atoms with Crippen LogP contribution in [0, 0.1) is 28.6 Å². The van der Waals surface area contributed by atoms with Gasteiger partial charge < -0.3 is 24.8 Å². The van der Waals surface area contributed by atoms with Gasteiger partial charge in [-0.2, -0.15) is 0 Å². The third kappa shape index (κ3) is 6.48. The van der Waals surface area contributed by atoms with Crippen LogP contribution in [0.25, 0.3) is 11.1 Å². The summed E-state index contributed by atoms with van der Waals surface area (Å²) in [7, 11) is 0. The topological polar surface area (TPSA) is 0 Å². The first kappa shape index (κ1) is 38.6. The second-order valence-corrected chi connectivity index (χ2v) is 17.6. The Bertz CT molecular complexity index is 1440. The molecule has 0 saturated heterocycles. The molecule has 0 aliphatic heterocycles. The van der Waals surface area contributed by atoms with E-state index < -0.39 is 0 Å². The van der Waals surface area contributed by atoms with E-state index in [0.717, 1.165) is 5.92 Å². The molecule has 0 nitrogen and oxygen atoms in total. The van der Waals surface area contributed by atoms with Crippen LogP contribution in [-0.4, -0.2) is 0 Å². The average molecular weight is 723 g/mol. The third-order valence-electron chi connectivity index (χ3n) is 11.7. The van der Waals surface area contributed by atoms with E-state index in [1.807, 2.05) is 5.57 Å². The predicted molar refractivity (Wildman–Crippen MR) is 182 cm³/mol. The Morgan fingerprint density at radius 2 is 1.27 bits per heavy atom. The van der Waals surface area contributed by atoms with Crippen LogP contribution in [0.4, 0.5) is 0 Å². The number of hydrogen-bond donors (Lipinski definition) is 0. The molecule has 0 bridgehead atoms. The van der Waals surface area contributed by atoms with E-state index in [4.69, 9.17) is 0 Å². The van der Waals surface area contributed by atoms with Crippen LogP contribution in [0.2, 0.25) is 0 Å². The van der Waals surface area contributed by atoms with Gasteiger partial charge in [-0.15, -0.1) is 0 Å². The standard InChI is InChI=1S/C42H56.2ClH.Zr/c1-26(2)42(25-36(27-15-13-12-14-16-27)33-23-30(24-37(33)42)41(9,10)11)38-34-21-28(39(3,4)5)17-19-31(34)32-20-18-29(22-35(32)38)40(6,7)8;;;/h12-13,17-22,24,26-27,36,38H,14-16,23,25H2,1-11H3;2*1H;/q;;;+2/p-2. The van der Waals surface area contributed by atoms with Crippen molar-refractivity contribution in [2.45, 2.75) is 125 Å². The molecular formula is C42H56Cl2Zr. The molecule has 4 aliphatic rings. The molecule has 0 heterocycles. The van der Waals surface area contributed by atoms with Crippen LogP contribution in [0.3, 0.4) is 0 Å². The predicted octanol–water partition coefficient (Wildman–Crippen LogP) is 6.09. The molecule has 242 valence electrons. The van der Waals surface area contributed by atoms with Crippen molar-refractivity contribution < 1.29 is 51.0 Å².